The molecule has 1 N–H and O–H groups in total. The summed E-state index contributed by atoms with van der Waals surface area (Å²) < 4.78 is 29.8. The molecule has 0 aliphatic carbocycles. The molecule has 4 rings (SSSR count). The van der Waals surface area contributed by atoms with Crippen LogP contribution in [0.25, 0.3) is 11.5 Å². The molecule has 0 atom stereocenters. The first kappa shape index (κ1) is 22.9. The Kier molecular flexibility index (Phi) is 6.82. The van der Waals surface area contributed by atoms with Crippen molar-refractivity contribution in [2.24, 2.45) is 0 Å². The molecule has 0 unspecified atom stereocenters. The highest BCUT2D eigenvalue weighted by molar-refractivity contribution is 5.99. The third kappa shape index (κ3) is 5.03. The SMILES string of the molecule is CCN(CC(=O)NCc1ccc(F)cc1)C(=O)c1cnn(-c2ccc(F)cc2)c1-n1cccc1. The molecule has 174 valence electrons. The zero-order chi connectivity index (χ0) is 24.1. The quantitative estimate of drug-likeness (QED) is 0.433. The Bertz CT molecular complexity index is 1270. The number of nitrogens with one attached hydrogen (secondary N) is 1. The number of likely N-dealkylation sites (N-methyl/N-ethyl adjacent to an activating group) is 1. The van der Waals surface area contributed by atoms with Crippen molar-refractivity contribution in [3.63, 3.8) is 0 Å². The van der Waals surface area contributed by atoms with E-state index in [4.69, 9.17) is 0 Å². The van der Waals surface area contributed by atoms with E-state index in [1.54, 1.807) is 52.8 Å². The highest BCUT2D eigenvalue weighted by atomic mass is 19.1. The number of hydrogen-bond acceptors (Lipinski definition) is 3. The maximum absolute atomic E-state index is 13.4. The fourth-order valence-corrected chi connectivity index (χ4v) is 3.52. The van der Waals surface area contributed by atoms with Crippen LogP contribution in [-0.4, -0.2) is 44.2 Å². The number of carbonyl (C=O) groups excluding carboxylic acids is 2. The van der Waals surface area contributed by atoms with Crippen LogP contribution in [0.3, 0.4) is 0 Å². The zero-order valence-corrected chi connectivity index (χ0v) is 18.5. The van der Waals surface area contributed by atoms with E-state index in [9.17, 15) is 18.4 Å². The molecule has 0 radical (unpaired) electrons. The summed E-state index contributed by atoms with van der Waals surface area (Å²) in [6.45, 7) is 2.16. The van der Waals surface area contributed by atoms with Crippen LogP contribution in [0.15, 0.2) is 79.3 Å². The summed E-state index contributed by atoms with van der Waals surface area (Å²) in [6, 6.07) is 15.2. The molecular weight excluding hydrogens is 440 g/mol. The maximum Gasteiger partial charge on any atom is 0.259 e. The minimum Gasteiger partial charge on any atom is -0.350 e. The molecule has 0 saturated carbocycles. The fourth-order valence-electron chi connectivity index (χ4n) is 3.52. The fraction of sp³-hybridized carbons (Fsp3) is 0.160. The molecule has 0 aliphatic heterocycles. The summed E-state index contributed by atoms with van der Waals surface area (Å²) in [7, 11) is 0. The number of carbonyl (C=O) groups is 2. The molecule has 9 heteroatoms. The number of rotatable bonds is 8. The van der Waals surface area contributed by atoms with Gasteiger partial charge in [-0.15, -0.1) is 0 Å². The zero-order valence-electron chi connectivity index (χ0n) is 18.5. The highest BCUT2D eigenvalue weighted by Gasteiger charge is 2.25. The molecule has 0 fully saturated rings. The summed E-state index contributed by atoms with van der Waals surface area (Å²) in [6.07, 6.45) is 5.00. The van der Waals surface area contributed by atoms with Crippen molar-refractivity contribution in [2.75, 3.05) is 13.1 Å². The minimum atomic E-state index is -0.376. The number of aromatic nitrogens is 3. The second-order valence-corrected chi connectivity index (χ2v) is 7.58. The van der Waals surface area contributed by atoms with E-state index in [-0.39, 0.29) is 36.5 Å². The van der Waals surface area contributed by atoms with E-state index in [2.05, 4.69) is 10.4 Å². The number of amides is 2. The number of benzene rings is 2. The standard InChI is InChI=1S/C25H23F2N5O2/c1-2-30(17-23(33)28-15-18-5-7-19(26)8-6-18)25(34)22-16-29-32(21-11-9-20(27)10-12-21)24(22)31-13-3-4-14-31/h3-14,16H,2,15,17H2,1H3,(H,28,33). The van der Waals surface area contributed by atoms with E-state index >= 15 is 0 Å². The van der Waals surface area contributed by atoms with E-state index in [1.165, 1.54) is 35.4 Å². The lowest BCUT2D eigenvalue weighted by Crippen LogP contribution is -2.40. The lowest BCUT2D eigenvalue weighted by atomic mass is 10.2. The van der Waals surface area contributed by atoms with E-state index < -0.39 is 0 Å². The predicted molar refractivity (Wildman–Crippen MR) is 123 cm³/mol. The Morgan fingerprint density at radius 2 is 1.59 bits per heavy atom. The van der Waals surface area contributed by atoms with Gasteiger partial charge in [0.25, 0.3) is 5.91 Å². The first-order valence-corrected chi connectivity index (χ1v) is 10.7. The van der Waals surface area contributed by atoms with Gasteiger partial charge in [0.15, 0.2) is 5.82 Å². The van der Waals surface area contributed by atoms with Crippen LogP contribution in [0.1, 0.15) is 22.8 Å². The molecule has 2 aromatic carbocycles. The largest absolute Gasteiger partial charge is 0.350 e. The van der Waals surface area contributed by atoms with Gasteiger partial charge in [-0.1, -0.05) is 12.1 Å². The second-order valence-electron chi connectivity index (χ2n) is 7.58. The maximum atomic E-state index is 13.4. The third-order valence-electron chi connectivity index (χ3n) is 5.30. The van der Waals surface area contributed by atoms with Gasteiger partial charge in [-0.3, -0.25) is 9.59 Å². The number of nitrogens with zero attached hydrogens (tertiary/aromatic N) is 4. The van der Waals surface area contributed by atoms with Gasteiger partial charge in [0, 0.05) is 25.5 Å². The van der Waals surface area contributed by atoms with Gasteiger partial charge in [-0.05, 0) is 61.0 Å². The van der Waals surface area contributed by atoms with Gasteiger partial charge >= 0.3 is 0 Å². The van der Waals surface area contributed by atoms with Crippen LogP contribution in [0.5, 0.6) is 0 Å². The predicted octanol–water partition coefficient (Wildman–Crippen LogP) is 3.72. The Balaban J connectivity index is 1.55. The van der Waals surface area contributed by atoms with Crippen molar-refractivity contribution in [3.8, 4) is 11.5 Å². The summed E-state index contributed by atoms with van der Waals surface area (Å²) in [5.74, 6) is -0.952. The van der Waals surface area contributed by atoms with Crippen LogP contribution < -0.4 is 5.32 Å². The molecule has 4 aromatic rings. The summed E-state index contributed by atoms with van der Waals surface area (Å²) in [4.78, 5) is 27.4. The Labute approximate surface area is 195 Å². The second kappa shape index (κ2) is 10.1. The molecule has 7 nitrogen and oxygen atoms in total. The number of hydrogen-bond donors (Lipinski definition) is 1. The van der Waals surface area contributed by atoms with Gasteiger partial charge < -0.3 is 14.8 Å². The van der Waals surface area contributed by atoms with Crippen LogP contribution in [0.4, 0.5) is 8.78 Å². The Hall–Kier alpha value is -4.27. The molecule has 34 heavy (non-hydrogen) atoms. The average molecular weight is 463 g/mol. The minimum absolute atomic E-state index is 0.149. The lowest BCUT2D eigenvalue weighted by molar-refractivity contribution is -0.121. The molecule has 2 heterocycles. The lowest BCUT2D eigenvalue weighted by Gasteiger charge is -2.21. The van der Waals surface area contributed by atoms with Crippen molar-refractivity contribution in [1.29, 1.82) is 0 Å². The molecular formula is C25H23F2N5O2. The van der Waals surface area contributed by atoms with E-state index in [1.807, 2.05) is 12.1 Å². The van der Waals surface area contributed by atoms with Crippen molar-refractivity contribution >= 4 is 11.8 Å². The molecule has 2 aromatic heterocycles. The van der Waals surface area contributed by atoms with Crippen molar-refractivity contribution < 1.29 is 18.4 Å². The summed E-state index contributed by atoms with van der Waals surface area (Å²) in [5, 5.41) is 7.12. The van der Waals surface area contributed by atoms with Gasteiger partial charge in [-0.25, -0.2) is 13.5 Å². The van der Waals surface area contributed by atoms with Crippen LogP contribution in [0, 0.1) is 11.6 Å². The molecule has 0 saturated heterocycles. The summed E-state index contributed by atoms with van der Waals surface area (Å²) in [5.41, 5.74) is 1.64. The van der Waals surface area contributed by atoms with Crippen molar-refractivity contribution in [3.05, 3.63) is 102 Å². The first-order chi connectivity index (χ1) is 16.5. The number of halogens is 2. The third-order valence-corrected chi connectivity index (χ3v) is 5.30. The normalized spacial score (nSPS) is 10.8. The van der Waals surface area contributed by atoms with E-state index in [0.717, 1.165) is 5.56 Å². The topological polar surface area (TPSA) is 72.2 Å². The molecule has 0 spiro atoms. The monoisotopic (exact) mass is 463 g/mol. The van der Waals surface area contributed by atoms with Gasteiger partial charge in [0.2, 0.25) is 5.91 Å². The van der Waals surface area contributed by atoms with Gasteiger partial charge in [-0.2, -0.15) is 5.10 Å². The van der Waals surface area contributed by atoms with Crippen LogP contribution >= 0.6 is 0 Å². The summed E-state index contributed by atoms with van der Waals surface area (Å²) >= 11 is 0. The smallest absolute Gasteiger partial charge is 0.259 e. The molecule has 2 amide bonds. The van der Waals surface area contributed by atoms with Crippen molar-refractivity contribution in [2.45, 2.75) is 13.5 Å². The molecule has 0 aliphatic rings. The Morgan fingerprint density at radius 1 is 0.971 bits per heavy atom. The van der Waals surface area contributed by atoms with Gasteiger partial charge in [0.1, 0.15) is 17.2 Å². The van der Waals surface area contributed by atoms with Gasteiger partial charge in [0.05, 0.1) is 18.4 Å². The van der Waals surface area contributed by atoms with Crippen molar-refractivity contribution in [1.82, 2.24) is 24.6 Å². The van der Waals surface area contributed by atoms with E-state index in [0.29, 0.717) is 23.6 Å². The van der Waals surface area contributed by atoms with Crippen LogP contribution in [0.2, 0.25) is 0 Å². The Morgan fingerprint density at radius 3 is 2.21 bits per heavy atom. The molecule has 0 bridgehead atoms. The highest BCUT2D eigenvalue weighted by Crippen LogP contribution is 2.21. The van der Waals surface area contributed by atoms with Crippen LogP contribution in [-0.2, 0) is 11.3 Å². The average Bonchev–Trinajstić information content (AvgIpc) is 3.52. The first-order valence-electron chi connectivity index (χ1n) is 10.7.